The lowest BCUT2D eigenvalue weighted by Crippen LogP contribution is -2.25. The summed E-state index contributed by atoms with van der Waals surface area (Å²) in [5, 5.41) is -1.20. The van der Waals surface area contributed by atoms with Gasteiger partial charge in [-0.2, -0.15) is 0 Å². The van der Waals surface area contributed by atoms with E-state index in [0.717, 1.165) is 29.1 Å². The maximum Gasteiger partial charge on any atom is 0.142 e. The maximum absolute atomic E-state index is 14.1. The van der Waals surface area contributed by atoms with Crippen LogP contribution in [0.5, 0.6) is 0 Å². The zero-order chi connectivity index (χ0) is 14.9. The third-order valence-corrected chi connectivity index (χ3v) is 4.35. The molecule has 0 bridgehead atoms. The summed E-state index contributed by atoms with van der Waals surface area (Å²) in [5.41, 5.74) is 3.16. The van der Waals surface area contributed by atoms with Crippen LogP contribution >= 0.6 is 9.24 Å². The summed E-state index contributed by atoms with van der Waals surface area (Å²) in [7, 11) is 2.32. The van der Waals surface area contributed by atoms with Crippen LogP contribution in [0, 0.1) is 0 Å². The van der Waals surface area contributed by atoms with E-state index in [1.807, 2.05) is 29.2 Å². The molecule has 1 fully saturated rings. The molecule has 0 saturated carbocycles. The van der Waals surface area contributed by atoms with E-state index >= 15 is 0 Å². The zero-order valence-corrected chi connectivity index (χ0v) is 13.2. The van der Waals surface area contributed by atoms with E-state index in [2.05, 4.69) is 26.1 Å². The van der Waals surface area contributed by atoms with E-state index in [9.17, 15) is 4.39 Å². The second kappa shape index (κ2) is 5.69. The summed E-state index contributed by atoms with van der Waals surface area (Å²) in [6.45, 7) is 3.18. The van der Waals surface area contributed by atoms with Gasteiger partial charge < -0.3 is 4.90 Å². The molecular formula is C16H19FN3P. The summed E-state index contributed by atoms with van der Waals surface area (Å²) in [6, 6.07) is 7.87. The molecule has 0 N–H and O–H groups in total. The van der Waals surface area contributed by atoms with Crippen molar-refractivity contribution in [1.29, 1.82) is 0 Å². The van der Waals surface area contributed by atoms with Gasteiger partial charge in [-0.05, 0) is 24.6 Å². The van der Waals surface area contributed by atoms with E-state index in [-0.39, 0.29) is 0 Å². The lowest BCUT2D eigenvalue weighted by molar-refractivity contribution is 0.318. The third kappa shape index (κ3) is 2.91. The lowest BCUT2D eigenvalue weighted by Gasteiger charge is -2.22. The first kappa shape index (κ1) is 14.4. The minimum absolute atomic E-state index is 0.378. The molecule has 110 valence electrons. The Morgan fingerprint density at radius 2 is 2.14 bits per heavy atom. The minimum atomic E-state index is -1.20. The molecule has 3 nitrogen and oxygen atoms in total. The van der Waals surface area contributed by atoms with E-state index in [1.54, 1.807) is 12.4 Å². The highest BCUT2D eigenvalue weighted by Gasteiger charge is 2.35. The zero-order valence-electron chi connectivity index (χ0n) is 12.1. The van der Waals surface area contributed by atoms with E-state index < -0.39 is 5.41 Å². The SMILES string of the molecule is CCc1c(-c2ccccn2)ccnc1N1CCC(F)(P)C1. The number of anilines is 1. The van der Waals surface area contributed by atoms with E-state index in [1.165, 1.54) is 0 Å². The topological polar surface area (TPSA) is 29.0 Å². The number of halogens is 1. The lowest BCUT2D eigenvalue weighted by atomic mass is 10.0. The minimum Gasteiger partial charge on any atom is -0.353 e. The largest absolute Gasteiger partial charge is 0.353 e. The van der Waals surface area contributed by atoms with Gasteiger partial charge in [-0.3, -0.25) is 4.98 Å². The van der Waals surface area contributed by atoms with Crippen molar-refractivity contribution in [3.05, 3.63) is 42.2 Å². The van der Waals surface area contributed by atoms with Crippen LogP contribution in [-0.4, -0.2) is 28.5 Å². The molecule has 21 heavy (non-hydrogen) atoms. The van der Waals surface area contributed by atoms with Gasteiger partial charge in [0.15, 0.2) is 0 Å². The number of nitrogens with zero attached hydrogens (tertiary/aromatic N) is 3. The standard InChI is InChI=1S/C16H19FN3P/c1-2-12-13(14-5-3-4-8-18-14)6-9-19-15(12)20-10-7-16(17,21)11-20/h3-6,8-9H,2,7,10-11,21H2,1H3. The summed E-state index contributed by atoms with van der Waals surface area (Å²) in [6.07, 6.45) is 4.96. The van der Waals surface area contributed by atoms with Crippen LogP contribution < -0.4 is 4.90 Å². The first-order chi connectivity index (χ1) is 10.1. The summed E-state index contributed by atoms with van der Waals surface area (Å²) < 4.78 is 14.1. The second-order valence-corrected chi connectivity index (χ2v) is 6.47. The smallest absolute Gasteiger partial charge is 0.142 e. The maximum atomic E-state index is 14.1. The first-order valence-electron chi connectivity index (χ1n) is 7.23. The Balaban J connectivity index is 2.03. The average Bonchev–Trinajstić information content (AvgIpc) is 2.87. The van der Waals surface area contributed by atoms with Gasteiger partial charge in [-0.15, -0.1) is 0 Å². The molecule has 2 atom stereocenters. The van der Waals surface area contributed by atoms with Crippen molar-refractivity contribution in [2.75, 3.05) is 18.0 Å². The molecule has 1 saturated heterocycles. The highest BCUT2D eigenvalue weighted by molar-refractivity contribution is 7.18. The van der Waals surface area contributed by atoms with Crippen LogP contribution in [0.4, 0.5) is 10.2 Å². The number of alkyl halides is 1. The van der Waals surface area contributed by atoms with Gasteiger partial charge in [0.1, 0.15) is 11.2 Å². The molecule has 0 radical (unpaired) electrons. The van der Waals surface area contributed by atoms with Crippen molar-refractivity contribution >= 4 is 15.1 Å². The highest BCUT2D eigenvalue weighted by atomic mass is 31.0. The molecule has 2 aromatic rings. The number of rotatable bonds is 3. The normalized spacial score (nSPS) is 21.8. The molecule has 1 aliphatic rings. The van der Waals surface area contributed by atoms with Crippen molar-refractivity contribution in [2.45, 2.75) is 25.2 Å². The summed E-state index contributed by atoms with van der Waals surface area (Å²) in [5.74, 6) is 0.891. The number of hydrogen-bond donors (Lipinski definition) is 0. The quantitative estimate of drug-likeness (QED) is 0.813. The monoisotopic (exact) mass is 303 g/mol. The van der Waals surface area contributed by atoms with Gasteiger partial charge in [0.2, 0.25) is 0 Å². The first-order valence-corrected chi connectivity index (χ1v) is 7.80. The Morgan fingerprint density at radius 3 is 2.76 bits per heavy atom. The van der Waals surface area contributed by atoms with Crippen LogP contribution in [0.15, 0.2) is 36.7 Å². The highest BCUT2D eigenvalue weighted by Crippen LogP contribution is 2.37. The molecule has 2 aromatic heterocycles. The van der Waals surface area contributed by atoms with Gasteiger partial charge in [-0.1, -0.05) is 22.2 Å². The van der Waals surface area contributed by atoms with Gasteiger partial charge >= 0.3 is 0 Å². The van der Waals surface area contributed by atoms with Gasteiger partial charge in [0.05, 0.1) is 12.2 Å². The molecule has 1 aliphatic heterocycles. The van der Waals surface area contributed by atoms with Crippen LogP contribution in [0.25, 0.3) is 11.3 Å². The Morgan fingerprint density at radius 1 is 1.29 bits per heavy atom. The van der Waals surface area contributed by atoms with Crippen LogP contribution in [0.2, 0.25) is 0 Å². The van der Waals surface area contributed by atoms with Crippen molar-refractivity contribution in [3.63, 3.8) is 0 Å². The predicted molar refractivity (Wildman–Crippen MR) is 87.2 cm³/mol. The molecule has 0 aliphatic carbocycles. The van der Waals surface area contributed by atoms with Crippen molar-refractivity contribution in [2.24, 2.45) is 0 Å². The number of pyridine rings is 2. The summed E-state index contributed by atoms with van der Waals surface area (Å²) >= 11 is 0. The third-order valence-electron chi connectivity index (χ3n) is 3.88. The van der Waals surface area contributed by atoms with Gasteiger partial charge in [-0.25, -0.2) is 9.37 Å². The molecule has 0 aromatic carbocycles. The fraction of sp³-hybridized carbons (Fsp3) is 0.375. The van der Waals surface area contributed by atoms with Crippen LogP contribution in [-0.2, 0) is 6.42 Å². The van der Waals surface area contributed by atoms with Crippen molar-refractivity contribution in [1.82, 2.24) is 9.97 Å². The Hall–Kier alpha value is -1.54. The molecule has 0 spiro atoms. The predicted octanol–water partition coefficient (Wildman–Crippen LogP) is 3.46. The second-order valence-electron chi connectivity index (χ2n) is 5.44. The molecular weight excluding hydrogens is 284 g/mol. The van der Waals surface area contributed by atoms with Crippen molar-refractivity contribution in [3.8, 4) is 11.3 Å². The van der Waals surface area contributed by atoms with E-state index in [4.69, 9.17) is 0 Å². The fourth-order valence-electron chi connectivity index (χ4n) is 2.84. The van der Waals surface area contributed by atoms with E-state index in [0.29, 0.717) is 19.5 Å². The Labute approximate surface area is 126 Å². The molecule has 0 amide bonds. The van der Waals surface area contributed by atoms with Crippen LogP contribution in [0.1, 0.15) is 18.9 Å². The van der Waals surface area contributed by atoms with Crippen molar-refractivity contribution < 1.29 is 4.39 Å². The Kier molecular flexibility index (Phi) is 3.90. The number of aromatic nitrogens is 2. The average molecular weight is 303 g/mol. The molecule has 2 unspecified atom stereocenters. The molecule has 3 rings (SSSR count). The Bertz CT molecular complexity index is 631. The van der Waals surface area contributed by atoms with Gasteiger partial charge in [0, 0.05) is 36.5 Å². The van der Waals surface area contributed by atoms with Crippen LogP contribution in [0.3, 0.4) is 0 Å². The molecule has 5 heteroatoms. The summed E-state index contributed by atoms with van der Waals surface area (Å²) in [4.78, 5) is 11.0. The fourth-order valence-corrected chi connectivity index (χ4v) is 3.19. The van der Waals surface area contributed by atoms with Gasteiger partial charge in [0.25, 0.3) is 0 Å². The molecule has 3 heterocycles. The number of hydrogen-bond acceptors (Lipinski definition) is 3.